The van der Waals surface area contributed by atoms with Gasteiger partial charge in [-0.3, -0.25) is 4.79 Å². The topological polar surface area (TPSA) is 78.9 Å². The lowest BCUT2D eigenvalue weighted by atomic mass is 10.1. The van der Waals surface area contributed by atoms with Gasteiger partial charge in [-0.25, -0.2) is 9.18 Å². The van der Waals surface area contributed by atoms with Crippen molar-refractivity contribution in [1.29, 1.82) is 0 Å². The summed E-state index contributed by atoms with van der Waals surface area (Å²) >= 11 is 0. The van der Waals surface area contributed by atoms with E-state index in [1.54, 1.807) is 30.3 Å². The molecule has 0 aliphatic rings. The zero-order valence-electron chi connectivity index (χ0n) is 16.9. The van der Waals surface area contributed by atoms with Crippen LogP contribution >= 0.6 is 0 Å². The second kappa shape index (κ2) is 9.91. The van der Waals surface area contributed by atoms with E-state index < -0.39 is 11.6 Å². The lowest BCUT2D eigenvalue weighted by Gasteiger charge is -2.24. The lowest BCUT2D eigenvalue weighted by Crippen LogP contribution is -2.41. The van der Waals surface area contributed by atoms with Gasteiger partial charge in [0.05, 0.1) is 12.2 Å². The van der Waals surface area contributed by atoms with Gasteiger partial charge in [0.1, 0.15) is 11.6 Å². The molecule has 0 radical (unpaired) electrons. The molecule has 0 aliphatic carbocycles. The van der Waals surface area contributed by atoms with E-state index in [-0.39, 0.29) is 36.2 Å². The highest BCUT2D eigenvalue weighted by atomic mass is 19.1. The third kappa shape index (κ3) is 7.44. The first-order valence-electron chi connectivity index (χ1n) is 9.42. The highest BCUT2D eigenvalue weighted by molar-refractivity contribution is 5.96. The molecule has 0 saturated heterocycles. The van der Waals surface area contributed by atoms with Gasteiger partial charge < -0.3 is 20.1 Å². The number of phenolic OH excluding ortho intramolecular Hbond substituents is 1. The van der Waals surface area contributed by atoms with Crippen molar-refractivity contribution < 1.29 is 23.8 Å². The molecule has 29 heavy (non-hydrogen) atoms. The van der Waals surface area contributed by atoms with E-state index in [1.807, 2.05) is 20.8 Å². The Labute approximate surface area is 170 Å². The largest absolute Gasteiger partial charge is 0.507 e. The van der Waals surface area contributed by atoms with Crippen LogP contribution in [0.4, 0.5) is 9.18 Å². The average Bonchev–Trinajstić information content (AvgIpc) is 2.64. The van der Waals surface area contributed by atoms with Crippen LogP contribution in [0.1, 0.15) is 43.1 Å². The maximum absolute atomic E-state index is 13.2. The van der Waals surface area contributed by atoms with E-state index in [2.05, 4.69) is 5.32 Å². The molecule has 2 rings (SSSR count). The molecule has 0 bridgehead atoms. The number of para-hydroxylation sites is 1. The van der Waals surface area contributed by atoms with Crippen molar-refractivity contribution in [2.24, 2.45) is 0 Å². The smallest absolute Gasteiger partial charge is 0.407 e. The van der Waals surface area contributed by atoms with Crippen molar-refractivity contribution in [3.05, 3.63) is 65.5 Å². The van der Waals surface area contributed by atoms with Crippen LogP contribution in [0, 0.1) is 5.82 Å². The van der Waals surface area contributed by atoms with Crippen molar-refractivity contribution in [1.82, 2.24) is 10.2 Å². The number of phenols is 1. The number of carbonyl (C=O) groups is 2. The van der Waals surface area contributed by atoms with Crippen molar-refractivity contribution in [2.75, 3.05) is 13.2 Å². The third-order valence-electron chi connectivity index (χ3n) is 3.99. The number of benzene rings is 2. The molecule has 0 saturated carbocycles. The van der Waals surface area contributed by atoms with Gasteiger partial charge >= 0.3 is 6.09 Å². The van der Waals surface area contributed by atoms with Crippen LogP contribution in [0.3, 0.4) is 0 Å². The Morgan fingerprint density at radius 2 is 1.76 bits per heavy atom. The Balaban J connectivity index is 2.02. The van der Waals surface area contributed by atoms with Gasteiger partial charge in [0.25, 0.3) is 5.91 Å². The molecule has 0 spiro atoms. The number of aromatic hydroxyl groups is 1. The number of hydrogen-bond donors (Lipinski definition) is 2. The van der Waals surface area contributed by atoms with Crippen molar-refractivity contribution in [3.8, 4) is 5.75 Å². The van der Waals surface area contributed by atoms with Crippen LogP contribution in [-0.2, 0) is 11.3 Å². The van der Waals surface area contributed by atoms with E-state index in [9.17, 15) is 19.1 Å². The highest BCUT2D eigenvalue weighted by Crippen LogP contribution is 2.19. The first kappa shape index (κ1) is 22.2. The number of hydrogen-bond acceptors (Lipinski definition) is 4. The van der Waals surface area contributed by atoms with E-state index >= 15 is 0 Å². The number of nitrogens with one attached hydrogen (secondary N) is 1. The SMILES string of the molecule is CC(C)(C)NC(=O)OCCCN(Cc1ccc(F)cc1)C(=O)c1ccccc1O. The van der Waals surface area contributed by atoms with Crippen LogP contribution in [0.15, 0.2) is 48.5 Å². The van der Waals surface area contributed by atoms with Gasteiger partial charge in [-0.1, -0.05) is 24.3 Å². The zero-order valence-corrected chi connectivity index (χ0v) is 16.9. The Kier molecular flexibility index (Phi) is 7.59. The average molecular weight is 402 g/mol. The summed E-state index contributed by atoms with van der Waals surface area (Å²) < 4.78 is 18.3. The standard InChI is InChI=1S/C22H27FN2O4/c1-22(2,3)24-21(28)29-14-6-13-25(15-16-9-11-17(23)12-10-16)20(27)18-7-4-5-8-19(18)26/h4-5,7-12,26H,6,13-15H2,1-3H3,(H,24,28). The fourth-order valence-electron chi connectivity index (χ4n) is 2.65. The van der Waals surface area contributed by atoms with Gasteiger partial charge in [0.2, 0.25) is 0 Å². The summed E-state index contributed by atoms with van der Waals surface area (Å²) in [4.78, 5) is 26.2. The van der Waals surface area contributed by atoms with Crippen LogP contribution in [0.2, 0.25) is 0 Å². The Hall–Kier alpha value is -3.09. The van der Waals surface area contributed by atoms with Gasteiger partial charge in [-0.05, 0) is 57.0 Å². The number of amides is 2. The van der Waals surface area contributed by atoms with E-state index in [0.717, 1.165) is 5.56 Å². The summed E-state index contributed by atoms with van der Waals surface area (Å²) in [5.41, 5.74) is 0.537. The number of rotatable bonds is 7. The third-order valence-corrected chi connectivity index (χ3v) is 3.99. The fourth-order valence-corrected chi connectivity index (χ4v) is 2.65. The number of halogens is 1. The molecule has 2 N–H and O–H groups in total. The lowest BCUT2D eigenvalue weighted by molar-refractivity contribution is 0.0722. The summed E-state index contributed by atoms with van der Waals surface area (Å²) in [6.07, 6.45) is -0.104. The number of nitrogens with zero attached hydrogens (tertiary/aromatic N) is 1. The molecular formula is C22H27FN2O4. The number of alkyl carbamates (subject to hydrolysis) is 1. The van der Waals surface area contributed by atoms with Gasteiger partial charge in [0.15, 0.2) is 0 Å². The first-order chi connectivity index (χ1) is 13.7. The second-order valence-corrected chi connectivity index (χ2v) is 7.73. The molecule has 0 heterocycles. The van der Waals surface area contributed by atoms with Gasteiger partial charge in [-0.15, -0.1) is 0 Å². The molecule has 0 atom stereocenters. The van der Waals surface area contributed by atoms with E-state index in [4.69, 9.17) is 4.74 Å². The second-order valence-electron chi connectivity index (χ2n) is 7.73. The molecule has 156 valence electrons. The van der Waals surface area contributed by atoms with Crippen molar-refractivity contribution in [3.63, 3.8) is 0 Å². The van der Waals surface area contributed by atoms with Crippen molar-refractivity contribution >= 4 is 12.0 Å². The van der Waals surface area contributed by atoms with Gasteiger partial charge in [0, 0.05) is 18.6 Å². The van der Waals surface area contributed by atoms with Crippen molar-refractivity contribution in [2.45, 2.75) is 39.3 Å². The Morgan fingerprint density at radius 3 is 2.38 bits per heavy atom. The molecule has 0 fully saturated rings. The molecule has 6 nitrogen and oxygen atoms in total. The first-order valence-corrected chi connectivity index (χ1v) is 9.42. The minimum atomic E-state index is -0.519. The van der Waals surface area contributed by atoms with Crippen LogP contribution in [0.5, 0.6) is 5.75 Å². The fraction of sp³-hybridized carbons (Fsp3) is 0.364. The molecule has 0 unspecified atom stereocenters. The summed E-state index contributed by atoms with van der Waals surface area (Å²) in [5, 5.41) is 12.7. The minimum Gasteiger partial charge on any atom is -0.507 e. The van der Waals surface area contributed by atoms with E-state index in [1.165, 1.54) is 23.1 Å². The summed E-state index contributed by atoms with van der Waals surface area (Å²) in [6.45, 7) is 6.22. The summed E-state index contributed by atoms with van der Waals surface area (Å²) in [5.74, 6) is -0.820. The molecule has 0 aromatic heterocycles. The maximum atomic E-state index is 13.2. The van der Waals surface area contributed by atoms with E-state index in [0.29, 0.717) is 13.0 Å². The molecular weight excluding hydrogens is 375 g/mol. The maximum Gasteiger partial charge on any atom is 0.407 e. The molecule has 2 aromatic carbocycles. The van der Waals surface area contributed by atoms with Gasteiger partial charge in [-0.2, -0.15) is 0 Å². The number of carbonyl (C=O) groups excluding carboxylic acids is 2. The molecule has 7 heteroatoms. The molecule has 2 amide bonds. The molecule has 2 aromatic rings. The highest BCUT2D eigenvalue weighted by Gasteiger charge is 2.19. The Bertz CT molecular complexity index is 831. The molecule has 0 aliphatic heterocycles. The normalized spacial score (nSPS) is 11.0. The van der Waals surface area contributed by atoms with Crippen LogP contribution < -0.4 is 5.32 Å². The minimum absolute atomic E-state index is 0.109. The summed E-state index contributed by atoms with van der Waals surface area (Å²) in [6, 6.07) is 12.2. The summed E-state index contributed by atoms with van der Waals surface area (Å²) in [7, 11) is 0. The number of ether oxygens (including phenoxy) is 1. The monoisotopic (exact) mass is 402 g/mol. The van der Waals surface area contributed by atoms with Crippen LogP contribution in [-0.4, -0.2) is 40.7 Å². The zero-order chi connectivity index (χ0) is 21.4. The predicted octanol–water partition coefficient (Wildman–Crippen LogP) is 4.09. The van der Waals surface area contributed by atoms with Crippen LogP contribution in [0.25, 0.3) is 0 Å². The predicted molar refractivity (Wildman–Crippen MR) is 108 cm³/mol. The Morgan fingerprint density at radius 1 is 1.10 bits per heavy atom. The quantitative estimate of drug-likeness (QED) is 0.684.